The van der Waals surface area contributed by atoms with Crippen LogP contribution >= 0.6 is 0 Å². The van der Waals surface area contributed by atoms with Gasteiger partial charge in [0.25, 0.3) is 0 Å². The first-order valence-electron chi connectivity index (χ1n) is 8.23. The minimum atomic E-state index is -0.324. The highest BCUT2D eigenvalue weighted by atomic mass is 16.5. The van der Waals surface area contributed by atoms with Crippen molar-refractivity contribution in [3.8, 4) is 11.5 Å². The van der Waals surface area contributed by atoms with Gasteiger partial charge >= 0.3 is 0 Å². The molecule has 0 aromatic heterocycles. The predicted molar refractivity (Wildman–Crippen MR) is 101 cm³/mol. The second-order valence-corrected chi connectivity index (χ2v) is 7.01. The molecule has 0 unspecified atom stereocenters. The van der Waals surface area contributed by atoms with Gasteiger partial charge < -0.3 is 14.7 Å². The molecule has 0 heterocycles. The van der Waals surface area contributed by atoms with Crippen LogP contribution in [0.25, 0.3) is 5.57 Å². The molecule has 0 saturated carbocycles. The van der Waals surface area contributed by atoms with Gasteiger partial charge in [-0.3, -0.25) is 0 Å². The molecule has 0 spiro atoms. The number of nitrogens with zero attached hydrogens (tertiary/aromatic N) is 1. The van der Waals surface area contributed by atoms with Gasteiger partial charge in [-0.05, 0) is 44.1 Å². The monoisotopic (exact) mass is 326 g/mol. The van der Waals surface area contributed by atoms with Crippen molar-refractivity contribution in [2.75, 3.05) is 27.7 Å². The zero-order valence-corrected chi connectivity index (χ0v) is 15.4. The summed E-state index contributed by atoms with van der Waals surface area (Å²) in [6.45, 7) is 8.86. The molecule has 24 heavy (non-hydrogen) atoms. The van der Waals surface area contributed by atoms with E-state index in [0.717, 1.165) is 29.7 Å². The fourth-order valence-corrected chi connectivity index (χ4v) is 2.94. The van der Waals surface area contributed by atoms with Gasteiger partial charge in [-0.1, -0.05) is 32.1 Å². The molecule has 3 nitrogen and oxygen atoms in total. The van der Waals surface area contributed by atoms with E-state index in [1.807, 2.05) is 26.0 Å². The van der Waals surface area contributed by atoms with E-state index in [9.17, 15) is 5.11 Å². The van der Waals surface area contributed by atoms with Crippen molar-refractivity contribution in [1.29, 1.82) is 0 Å². The number of aromatic hydroxyl groups is 1. The topological polar surface area (TPSA) is 32.7 Å². The summed E-state index contributed by atoms with van der Waals surface area (Å²) >= 11 is 0. The molecule has 1 radical (unpaired) electrons. The lowest BCUT2D eigenvalue weighted by Crippen LogP contribution is -2.18. The van der Waals surface area contributed by atoms with Crippen LogP contribution in [0.15, 0.2) is 42.5 Å². The summed E-state index contributed by atoms with van der Waals surface area (Å²) in [4.78, 5) is 2.16. The number of likely N-dealkylation sites (N-methyl/N-ethyl adjacent to an activating group) is 1. The normalized spacial score (nSPS) is 15.1. The first-order chi connectivity index (χ1) is 11.3. The summed E-state index contributed by atoms with van der Waals surface area (Å²) < 4.78 is 5.55. The average molecular weight is 326 g/mol. The van der Waals surface area contributed by atoms with Crippen molar-refractivity contribution in [3.05, 3.63) is 60.1 Å². The maximum Gasteiger partial charge on any atom is 0.130 e. The van der Waals surface area contributed by atoms with Crippen molar-refractivity contribution >= 4 is 5.57 Å². The SMILES string of the molecule is C=CC(C)(C)c1cc(C2=C(CN(C)C)[CH]CC=C2)c(OC)cc1O. The van der Waals surface area contributed by atoms with Crippen molar-refractivity contribution < 1.29 is 9.84 Å². The summed E-state index contributed by atoms with van der Waals surface area (Å²) in [5.74, 6) is 0.918. The molecule has 129 valence electrons. The maximum atomic E-state index is 10.4. The zero-order chi connectivity index (χ0) is 17.9. The molecule has 1 aliphatic rings. The standard InChI is InChI=1S/C21H28NO2/c1-7-21(2,3)18-12-17(20(24-6)13-19(18)23)16-11-9-8-10-15(16)14-22(4)5/h7,9-13,23H,1,8,14H2,2-6H3. The number of allylic oxidation sites excluding steroid dienone is 4. The van der Waals surface area contributed by atoms with E-state index in [-0.39, 0.29) is 11.2 Å². The number of phenols is 1. The summed E-state index contributed by atoms with van der Waals surface area (Å²) in [6, 6.07) is 3.74. The molecule has 0 fully saturated rings. The fourth-order valence-electron chi connectivity index (χ4n) is 2.94. The van der Waals surface area contributed by atoms with Gasteiger partial charge in [0.05, 0.1) is 7.11 Å². The molecule has 0 saturated heterocycles. The minimum Gasteiger partial charge on any atom is -0.507 e. The molecule has 0 aliphatic heterocycles. The lowest BCUT2D eigenvalue weighted by molar-refractivity contribution is 0.402. The number of hydrogen-bond donors (Lipinski definition) is 1. The van der Waals surface area contributed by atoms with Gasteiger partial charge in [0.15, 0.2) is 0 Å². The number of benzene rings is 1. The van der Waals surface area contributed by atoms with Gasteiger partial charge in [-0.25, -0.2) is 0 Å². The summed E-state index contributed by atoms with van der Waals surface area (Å²) in [6.07, 6.45) is 9.35. The van der Waals surface area contributed by atoms with E-state index in [0.29, 0.717) is 5.75 Å². The van der Waals surface area contributed by atoms with Crippen molar-refractivity contribution in [2.45, 2.75) is 25.7 Å². The van der Waals surface area contributed by atoms with Gasteiger partial charge in [0.1, 0.15) is 11.5 Å². The first kappa shape index (κ1) is 18.3. The van der Waals surface area contributed by atoms with Crippen molar-refractivity contribution in [3.63, 3.8) is 0 Å². The van der Waals surface area contributed by atoms with Crippen LogP contribution < -0.4 is 4.74 Å². The third-order valence-corrected chi connectivity index (χ3v) is 4.43. The summed E-state index contributed by atoms with van der Waals surface area (Å²) in [5, 5.41) is 10.4. The van der Waals surface area contributed by atoms with Gasteiger partial charge in [-0.15, -0.1) is 6.58 Å². The molecule has 3 heteroatoms. The fraction of sp³-hybridized carbons (Fsp3) is 0.381. The maximum absolute atomic E-state index is 10.4. The molecule has 1 N–H and O–H groups in total. The minimum absolute atomic E-state index is 0.235. The molecule has 2 rings (SSSR count). The largest absolute Gasteiger partial charge is 0.507 e. The molecule has 1 aromatic carbocycles. The third-order valence-electron chi connectivity index (χ3n) is 4.43. The van der Waals surface area contributed by atoms with Crippen LogP contribution in [0.1, 0.15) is 31.4 Å². The van der Waals surface area contributed by atoms with Crippen LogP contribution in [0.5, 0.6) is 11.5 Å². The number of ether oxygens (including phenoxy) is 1. The highest BCUT2D eigenvalue weighted by Gasteiger charge is 2.24. The first-order valence-corrected chi connectivity index (χ1v) is 8.23. The van der Waals surface area contributed by atoms with Crippen LogP contribution in [-0.4, -0.2) is 37.8 Å². The molecule has 1 aliphatic carbocycles. The molecular weight excluding hydrogens is 298 g/mol. The van der Waals surface area contributed by atoms with Gasteiger partial charge in [0.2, 0.25) is 0 Å². The smallest absolute Gasteiger partial charge is 0.130 e. The second kappa shape index (κ2) is 7.27. The van der Waals surface area contributed by atoms with Crippen LogP contribution in [0.4, 0.5) is 0 Å². The van der Waals surface area contributed by atoms with Gasteiger partial charge in [-0.2, -0.15) is 0 Å². The Labute approximate surface area is 145 Å². The second-order valence-electron chi connectivity index (χ2n) is 7.01. The lowest BCUT2D eigenvalue weighted by Gasteiger charge is -2.26. The van der Waals surface area contributed by atoms with E-state index in [4.69, 9.17) is 4.74 Å². The van der Waals surface area contributed by atoms with E-state index in [2.05, 4.69) is 44.1 Å². The predicted octanol–water partition coefficient (Wildman–Crippen LogP) is 4.34. The van der Waals surface area contributed by atoms with Crippen molar-refractivity contribution in [1.82, 2.24) is 4.90 Å². The van der Waals surface area contributed by atoms with E-state index >= 15 is 0 Å². The molecule has 1 aromatic rings. The van der Waals surface area contributed by atoms with Crippen molar-refractivity contribution in [2.24, 2.45) is 0 Å². The van der Waals surface area contributed by atoms with Crippen LogP contribution in [0, 0.1) is 6.42 Å². The Balaban J connectivity index is 2.67. The molecular formula is C21H28NO2. The Bertz CT molecular complexity index is 681. The average Bonchev–Trinajstić information content (AvgIpc) is 2.54. The molecule has 0 amide bonds. The van der Waals surface area contributed by atoms with Crippen LogP contribution in [-0.2, 0) is 5.41 Å². The highest BCUT2D eigenvalue weighted by Crippen LogP contribution is 2.41. The Morgan fingerprint density at radius 1 is 1.33 bits per heavy atom. The van der Waals surface area contributed by atoms with E-state index < -0.39 is 0 Å². The number of rotatable bonds is 6. The lowest BCUT2D eigenvalue weighted by atomic mass is 9.81. The number of methoxy groups -OCH3 is 1. The summed E-state index contributed by atoms with van der Waals surface area (Å²) in [7, 11) is 5.77. The Morgan fingerprint density at radius 2 is 2.04 bits per heavy atom. The zero-order valence-electron chi connectivity index (χ0n) is 15.4. The highest BCUT2D eigenvalue weighted by molar-refractivity contribution is 5.83. The summed E-state index contributed by atoms with van der Waals surface area (Å²) in [5.41, 5.74) is 3.95. The Hall–Kier alpha value is -2.00. The van der Waals surface area contributed by atoms with Gasteiger partial charge in [0, 0.05) is 29.2 Å². The van der Waals surface area contributed by atoms with Crippen LogP contribution in [0.3, 0.4) is 0 Å². The Morgan fingerprint density at radius 3 is 2.62 bits per heavy atom. The molecule has 0 bridgehead atoms. The third kappa shape index (κ3) is 3.73. The quantitative estimate of drug-likeness (QED) is 0.789. The van der Waals surface area contributed by atoms with Crippen LogP contribution in [0.2, 0.25) is 0 Å². The van der Waals surface area contributed by atoms with E-state index in [1.54, 1.807) is 13.2 Å². The Kier molecular flexibility index (Phi) is 5.55. The number of hydrogen-bond acceptors (Lipinski definition) is 3. The number of phenolic OH excluding ortho intramolecular Hbond substituents is 1. The molecule has 0 atom stereocenters. The van der Waals surface area contributed by atoms with E-state index in [1.165, 1.54) is 5.57 Å².